The number of amides is 1. The van der Waals surface area contributed by atoms with Gasteiger partial charge in [-0.1, -0.05) is 12.1 Å². The fourth-order valence-corrected chi connectivity index (χ4v) is 3.07. The van der Waals surface area contributed by atoms with Crippen molar-refractivity contribution in [2.24, 2.45) is 5.10 Å². The fourth-order valence-electron chi connectivity index (χ4n) is 2.16. The predicted octanol–water partition coefficient (Wildman–Crippen LogP) is 1.61. The first-order valence-electron chi connectivity index (χ1n) is 7.54. The van der Waals surface area contributed by atoms with Crippen molar-refractivity contribution in [3.63, 3.8) is 0 Å². The van der Waals surface area contributed by atoms with E-state index in [1.54, 1.807) is 37.5 Å². The third-order valence-corrected chi connectivity index (χ3v) is 4.56. The molecule has 0 saturated carbocycles. The second-order valence-electron chi connectivity index (χ2n) is 5.63. The first-order chi connectivity index (χ1) is 11.8. The van der Waals surface area contributed by atoms with E-state index in [0.717, 1.165) is 27.3 Å². The highest BCUT2D eigenvalue weighted by atomic mass is 32.2. The topological polar surface area (TPSA) is 91.7 Å². The standard InChI is InChI=1S/C17H20N4O3S/c1-13-4-5-14(2)16(10-13)21(25(3,23)24)12-17(22)20-19-11-15-6-8-18-9-7-15/h4-11H,12H2,1-3H3,(H,20,22)/b19-11-. The molecule has 0 aliphatic heterocycles. The number of pyridine rings is 1. The van der Waals surface area contributed by atoms with Gasteiger partial charge in [-0.25, -0.2) is 13.8 Å². The quantitative estimate of drug-likeness (QED) is 0.626. The number of aryl methyl sites for hydroxylation is 2. The SMILES string of the molecule is Cc1ccc(C)c(N(CC(=O)N/N=C\c2ccncc2)S(C)(=O)=O)c1. The van der Waals surface area contributed by atoms with Crippen LogP contribution in [0.4, 0.5) is 5.69 Å². The van der Waals surface area contributed by atoms with Crippen molar-refractivity contribution < 1.29 is 13.2 Å². The Kier molecular flexibility index (Phi) is 5.87. The van der Waals surface area contributed by atoms with E-state index in [4.69, 9.17) is 0 Å². The normalized spacial score (nSPS) is 11.5. The van der Waals surface area contributed by atoms with Gasteiger partial charge in [0.25, 0.3) is 5.91 Å². The zero-order valence-corrected chi connectivity index (χ0v) is 15.1. The number of nitrogens with one attached hydrogen (secondary N) is 1. The summed E-state index contributed by atoms with van der Waals surface area (Å²) < 4.78 is 25.3. The number of carbonyl (C=O) groups excluding carboxylic acids is 1. The molecule has 0 unspecified atom stereocenters. The Bertz CT molecular complexity index is 880. The average Bonchev–Trinajstić information content (AvgIpc) is 2.55. The lowest BCUT2D eigenvalue weighted by atomic mass is 10.1. The molecule has 1 N–H and O–H groups in total. The van der Waals surface area contributed by atoms with Crippen molar-refractivity contribution >= 4 is 27.8 Å². The summed E-state index contributed by atoms with van der Waals surface area (Å²) in [5.41, 5.74) is 5.27. The van der Waals surface area contributed by atoms with E-state index in [-0.39, 0.29) is 6.54 Å². The first-order valence-corrected chi connectivity index (χ1v) is 9.39. The molecule has 0 saturated heterocycles. The molecule has 1 heterocycles. The predicted molar refractivity (Wildman–Crippen MR) is 98.1 cm³/mol. The summed E-state index contributed by atoms with van der Waals surface area (Å²) in [5, 5.41) is 3.84. The highest BCUT2D eigenvalue weighted by Crippen LogP contribution is 2.23. The number of carbonyl (C=O) groups is 1. The monoisotopic (exact) mass is 360 g/mol. The highest BCUT2D eigenvalue weighted by molar-refractivity contribution is 7.92. The molecule has 0 radical (unpaired) electrons. The molecule has 0 atom stereocenters. The molecule has 7 nitrogen and oxygen atoms in total. The molecular weight excluding hydrogens is 340 g/mol. The molecule has 0 aliphatic carbocycles. The summed E-state index contributed by atoms with van der Waals surface area (Å²) in [6.07, 6.45) is 5.74. The van der Waals surface area contributed by atoms with Crippen LogP contribution in [0.5, 0.6) is 0 Å². The second kappa shape index (κ2) is 7.89. The number of sulfonamides is 1. The molecule has 2 rings (SSSR count). The Morgan fingerprint density at radius 2 is 1.92 bits per heavy atom. The van der Waals surface area contributed by atoms with Gasteiger partial charge in [-0.15, -0.1) is 0 Å². The Hall–Kier alpha value is -2.74. The number of rotatable bonds is 6. The van der Waals surface area contributed by atoms with Crippen LogP contribution in [0.1, 0.15) is 16.7 Å². The van der Waals surface area contributed by atoms with Gasteiger partial charge in [-0.05, 0) is 48.7 Å². The molecule has 8 heteroatoms. The van der Waals surface area contributed by atoms with Gasteiger partial charge in [0.1, 0.15) is 6.54 Å². The third kappa shape index (κ3) is 5.39. The van der Waals surface area contributed by atoms with Gasteiger partial charge in [0.2, 0.25) is 10.0 Å². The lowest BCUT2D eigenvalue weighted by Crippen LogP contribution is -2.39. The summed E-state index contributed by atoms with van der Waals surface area (Å²) in [6, 6.07) is 8.91. The van der Waals surface area contributed by atoms with E-state index < -0.39 is 15.9 Å². The van der Waals surface area contributed by atoms with Crippen molar-refractivity contribution in [2.75, 3.05) is 17.1 Å². The third-order valence-electron chi connectivity index (χ3n) is 3.43. The number of nitrogens with zero attached hydrogens (tertiary/aromatic N) is 3. The van der Waals surface area contributed by atoms with Crippen LogP contribution in [0.15, 0.2) is 47.8 Å². The largest absolute Gasteiger partial charge is 0.271 e. The Labute approximate surface area is 147 Å². The molecule has 25 heavy (non-hydrogen) atoms. The lowest BCUT2D eigenvalue weighted by molar-refractivity contribution is -0.119. The van der Waals surface area contributed by atoms with Crippen LogP contribution in [-0.2, 0) is 14.8 Å². The minimum Gasteiger partial charge on any atom is -0.271 e. The Morgan fingerprint density at radius 1 is 1.24 bits per heavy atom. The average molecular weight is 360 g/mol. The van der Waals surface area contributed by atoms with Crippen molar-refractivity contribution in [1.82, 2.24) is 10.4 Å². The highest BCUT2D eigenvalue weighted by Gasteiger charge is 2.22. The number of hydrogen-bond donors (Lipinski definition) is 1. The maximum absolute atomic E-state index is 12.1. The first kappa shape index (κ1) is 18.6. The van der Waals surface area contributed by atoms with Gasteiger partial charge < -0.3 is 0 Å². The number of anilines is 1. The van der Waals surface area contributed by atoms with Crippen LogP contribution >= 0.6 is 0 Å². The van der Waals surface area contributed by atoms with E-state index >= 15 is 0 Å². The van der Waals surface area contributed by atoms with Gasteiger partial charge in [0.15, 0.2) is 0 Å². The number of hydrogen-bond acceptors (Lipinski definition) is 5. The van der Waals surface area contributed by atoms with Crippen LogP contribution in [0.2, 0.25) is 0 Å². The van der Waals surface area contributed by atoms with Crippen molar-refractivity contribution in [2.45, 2.75) is 13.8 Å². The summed E-state index contributed by atoms with van der Waals surface area (Å²) >= 11 is 0. The smallest absolute Gasteiger partial charge is 0.260 e. The van der Waals surface area contributed by atoms with Crippen LogP contribution in [-0.4, -0.2) is 38.3 Å². The van der Waals surface area contributed by atoms with E-state index in [0.29, 0.717) is 5.69 Å². The van der Waals surface area contributed by atoms with Crippen molar-refractivity contribution in [1.29, 1.82) is 0 Å². The molecule has 1 aromatic heterocycles. The second-order valence-corrected chi connectivity index (χ2v) is 7.54. The zero-order chi connectivity index (χ0) is 18.4. The minimum atomic E-state index is -3.62. The number of benzene rings is 1. The zero-order valence-electron chi connectivity index (χ0n) is 14.3. The van der Waals surface area contributed by atoms with E-state index in [2.05, 4.69) is 15.5 Å². The minimum absolute atomic E-state index is 0.350. The van der Waals surface area contributed by atoms with E-state index in [9.17, 15) is 13.2 Å². The van der Waals surface area contributed by atoms with Gasteiger partial charge in [-0.2, -0.15) is 5.10 Å². The van der Waals surface area contributed by atoms with Crippen LogP contribution in [0, 0.1) is 13.8 Å². The molecule has 0 bridgehead atoms. The molecule has 1 amide bonds. The van der Waals surface area contributed by atoms with Gasteiger partial charge in [0, 0.05) is 12.4 Å². The molecular formula is C17H20N4O3S. The van der Waals surface area contributed by atoms with Crippen molar-refractivity contribution in [3.8, 4) is 0 Å². The Morgan fingerprint density at radius 3 is 2.56 bits per heavy atom. The maximum Gasteiger partial charge on any atom is 0.260 e. The molecule has 0 aliphatic rings. The Balaban J connectivity index is 2.14. The van der Waals surface area contributed by atoms with Gasteiger partial charge in [0.05, 0.1) is 18.2 Å². The van der Waals surface area contributed by atoms with Crippen LogP contribution in [0.3, 0.4) is 0 Å². The molecule has 132 valence electrons. The van der Waals surface area contributed by atoms with E-state index in [1.807, 2.05) is 19.1 Å². The summed E-state index contributed by atoms with van der Waals surface area (Å²) in [7, 11) is -3.62. The molecule has 0 spiro atoms. The maximum atomic E-state index is 12.1. The van der Waals surface area contributed by atoms with Crippen molar-refractivity contribution in [3.05, 3.63) is 59.4 Å². The number of aromatic nitrogens is 1. The summed E-state index contributed by atoms with van der Waals surface area (Å²) in [5.74, 6) is -0.531. The van der Waals surface area contributed by atoms with Gasteiger partial charge in [-0.3, -0.25) is 14.1 Å². The molecule has 0 fully saturated rings. The summed E-state index contributed by atoms with van der Waals surface area (Å²) in [4.78, 5) is 16.0. The fraction of sp³-hybridized carbons (Fsp3) is 0.235. The molecule has 1 aromatic carbocycles. The number of hydrazone groups is 1. The van der Waals surface area contributed by atoms with Gasteiger partial charge >= 0.3 is 0 Å². The van der Waals surface area contributed by atoms with Crippen LogP contribution in [0.25, 0.3) is 0 Å². The lowest BCUT2D eigenvalue weighted by Gasteiger charge is -2.23. The molecule has 2 aromatic rings. The summed E-state index contributed by atoms with van der Waals surface area (Å²) in [6.45, 7) is 3.31. The van der Waals surface area contributed by atoms with E-state index in [1.165, 1.54) is 6.21 Å². The van der Waals surface area contributed by atoms with Crippen LogP contribution < -0.4 is 9.73 Å².